The molecule has 1 unspecified atom stereocenters. The Morgan fingerprint density at radius 1 is 0.688 bits per heavy atom. The van der Waals surface area contributed by atoms with Gasteiger partial charge in [-0.2, -0.15) is 0 Å². The van der Waals surface area contributed by atoms with Crippen molar-refractivity contribution in [2.24, 2.45) is 0 Å². The molecule has 0 aromatic heterocycles. The van der Waals surface area contributed by atoms with Crippen molar-refractivity contribution >= 4 is 24.9 Å². The minimum Gasteiger partial charge on any atom is -0.507 e. The van der Waals surface area contributed by atoms with E-state index in [0.29, 0.717) is 14.3 Å². The Hall–Kier alpha value is -3.09. The topological polar surface area (TPSA) is 23.5 Å². The van der Waals surface area contributed by atoms with Crippen molar-refractivity contribution in [1.29, 1.82) is 0 Å². The quantitative estimate of drug-likeness (QED) is 0.349. The normalized spacial score (nSPS) is 11.2. The molecule has 0 aliphatic heterocycles. The van der Waals surface area contributed by atoms with E-state index in [1.807, 2.05) is 13.0 Å². The predicted molar refractivity (Wildman–Crippen MR) is 139 cm³/mol. The molecule has 0 saturated heterocycles. The van der Waals surface area contributed by atoms with E-state index in [-0.39, 0.29) is 0 Å². The van der Waals surface area contributed by atoms with Gasteiger partial charge < -0.3 is 10.0 Å². The lowest BCUT2D eigenvalue weighted by Gasteiger charge is -2.29. The summed E-state index contributed by atoms with van der Waals surface area (Å²) in [7, 11) is 0.389. The zero-order valence-electron chi connectivity index (χ0n) is 19.0. The average Bonchev–Trinajstić information content (AvgIpc) is 2.79. The number of hydrogen-bond acceptors (Lipinski definition) is 2. The van der Waals surface area contributed by atoms with Crippen LogP contribution >= 0.6 is 8.58 Å². The fraction of sp³-hybridized carbons (Fsp3) is 0.172. The Morgan fingerprint density at radius 2 is 1.28 bits per heavy atom. The second-order valence-electron chi connectivity index (χ2n) is 8.40. The summed E-state index contributed by atoms with van der Waals surface area (Å²) in [6, 6.07) is 32.0. The minimum absolute atomic E-state index is 0.389. The number of rotatable bonds is 7. The molecule has 0 saturated carbocycles. The number of phenolic OH excluding ortho intramolecular Hbond substituents is 1. The summed E-state index contributed by atoms with van der Waals surface area (Å²) in [5.74, 6) is 0.417. The molecule has 1 N–H and O–H groups in total. The maximum Gasteiger partial charge on any atom is 0.126 e. The second-order valence-corrected chi connectivity index (χ2v) is 9.69. The number of anilines is 1. The maximum atomic E-state index is 10.8. The van der Waals surface area contributed by atoms with Crippen LogP contribution < -0.4 is 15.5 Å². The van der Waals surface area contributed by atoms with Crippen molar-refractivity contribution in [3.63, 3.8) is 0 Å². The zero-order valence-corrected chi connectivity index (χ0v) is 20.0. The van der Waals surface area contributed by atoms with Gasteiger partial charge in [0, 0.05) is 29.4 Å². The molecule has 0 heterocycles. The molecule has 0 spiro atoms. The lowest BCUT2D eigenvalue weighted by Crippen LogP contribution is -2.27. The summed E-state index contributed by atoms with van der Waals surface area (Å²) in [5.41, 5.74) is 7.18. The predicted octanol–water partition coefficient (Wildman–Crippen LogP) is 6.15. The molecular formula is C29H30NOP. The highest BCUT2D eigenvalue weighted by Crippen LogP contribution is 2.30. The first-order valence-electron chi connectivity index (χ1n) is 11.0. The van der Waals surface area contributed by atoms with Crippen LogP contribution in [0.5, 0.6) is 5.75 Å². The van der Waals surface area contributed by atoms with Gasteiger partial charge in [-0.3, -0.25) is 0 Å². The van der Waals surface area contributed by atoms with E-state index in [9.17, 15) is 5.11 Å². The molecule has 2 nitrogen and oxygen atoms in total. The van der Waals surface area contributed by atoms with Crippen molar-refractivity contribution < 1.29 is 5.11 Å². The van der Waals surface area contributed by atoms with Crippen LogP contribution in [0, 0.1) is 20.8 Å². The minimum atomic E-state index is 0.389. The van der Waals surface area contributed by atoms with Crippen LogP contribution in [-0.2, 0) is 13.1 Å². The first-order chi connectivity index (χ1) is 15.5. The van der Waals surface area contributed by atoms with Gasteiger partial charge in [0.1, 0.15) is 5.75 Å². The molecule has 4 aromatic carbocycles. The summed E-state index contributed by atoms with van der Waals surface area (Å²) in [6.45, 7) is 7.90. The first-order valence-corrected chi connectivity index (χ1v) is 12.0. The number of aryl methyl sites for hydroxylation is 3. The SMILES string of the molecule is Cc1cc(C)c(O)c(Pc2c(C)cccc2N(Cc2ccccc2)Cc2ccccc2)c1. The monoisotopic (exact) mass is 439 g/mol. The number of nitrogens with zero attached hydrogens (tertiary/aromatic N) is 1. The molecule has 162 valence electrons. The molecule has 0 aliphatic carbocycles. The summed E-state index contributed by atoms with van der Waals surface area (Å²) >= 11 is 0. The molecule has 0 fully saturated rings. The standard InChI is InChI=1S/C29H30NOP/c1-21-17-23(3)28(31)27(18-21)32-29-22(2)11-10-16-26(29)30(19-24-12-6-4-7-13-24)20-25-14-8-5-9-15-25/h4-18,31-32H,19-20H2,1-3H3. The van der Waals surface area contributed by atoms with Gasteiger partial charge in [0.05, 0.1) is 0 Å². The van der Waals surface area contributed by atoms with Gasteiger partial charge in [-0.1, -0.05) is 87.4 Å². The van der Waals surface area contributed by atoms with Crippen molar-refractivity contribution in [3.8, 4) is 5.75 Å². The van der Waals surface area contributed by atoms with E-state index in [0.717, 1.165) is 24.0 Å². The molecule has 0 amide bonds. The van der Waals surface area contributed by atoms with Crippen LogP contribution in [0.4, 0.5) is 5.69 Å². The lowest BCUT2D eigenvalue weighted by atomic mass is 10.1. The van der Waals surface area contributed by atoms with Crippen LogP contribution in [0.2, 0.25) is 0 Å². The van der Waals surface area contributed by atoms with Crippen LogP contribution in [0.25, 0.3) is 0 Å². The Balaban J connectivity index is 1.76. The third kappa shape index (κ3) is 5.21. The van der Waals surface area contributed by atoms with Crippen molar-refractivity contribution in [2.75, 3.05) is 4.90 Å². The van der Waals surface area contributed by atoms with Gasteiger partial charge in [-0.25, -0.2) is 0 Å². The first kappa shape index (κ1) is 22.1. The highest BCUT2D eigenvalue weighted by atomic mass is 31.1. The van der Waals surface area contributed by atoms with Gasteiger partial charge in [0.15, 0.2) is 0 Å². The Kier molecular flexibility index (Phi) is 6.93. The fourth-order valence-corrected chi connectivity index (χ4v) is 5.64. The molecule has 4 rings (SSSR count). The van der Waals surface area contributed by atoms with Crippen molar-refractivity contribution in [1.82, 2.24) is 0 Å². The lowest BCUT2D eigenvalue weighted by molar-refractivity contribution is 0.475. The maximum absolute atomic E-state index is 10.8. The number of hydrogen-bond donors (Lipinski definition) is 1. The van der Waals surface area contributed by atoms with E-state index in [1.54, 1.807) is 0 Å². The third-order valence-electron chi connectivity index (χ3n) is 5.73. The molecule has 0 bridgehead atoms. The van der Waals surface area contributed by atoms with E-state index in [1.165, 1.54) is 33.2 Å². The molecule has 0 radical (unpaired) electrons. The number of benzene rings is 4. The molecule has 0 aliphatic rings. The van der Waals surface area contributed by atoms with Crippen LogP contribution in [0.15, 0.2) is 91.0 Å². The van der Waals surface area contributed by atoms with Crippen LogP contribution in [-0.4, -0.2) is 5.11 Å². The zero-order chi connectivity index (χ0) is 22.5. The van der Waals surface area contributed by atoms with Crippen molar-refractivity contribution in [2.45, 2.75) is 33.9 Å². The Labute approximate surface area is 193 Å². The summed E-state index contributed by atoms with van der Waals surface area (Å²) in [4.78, 5) is 2.46. The largest absolute Gasteiger partial charge is 0.507 e. The molecule has 3 heteroatoms. The molecule has 4 aromatic rings. The van der Waals surface area contributed by atoms with Gasteiger partial charge in [-0.15, -0.1) is 0 Å². The Bertz CT molecular complexity index is 1150. The van der Waals surface area contributed by atoms with Gasteiger partial charge >= 0.3 is 0 Å². The summed E-state index contributed by atoms with van der Waals surface area (Å²) in [5, 5.41) is 13.1. The third-order valence-corrected chi connectivity index (χ3v) is 7.28. The summed E-state index contributed by atoms with van der Waals surface area (Å²) < 4.78 is 0. The molecule has 1 atom stereocenters. The average molecular weight is 440 g/mol. The van der Waals surface area contributed by atoms with Gasteiger partial charge in [-0.05, 0) is 60.7 Å². The fourth-order valence-electron chi connectivity index (χ4n) is 4.10. The van der Waals surface area contributed by atoms with Crippen LogP contribution in [0.1, 0.15) is 27.8 Å². The number of aromatic hydroxyl groups is 1. The van der Waals surface area contributed by atoms with Crippen molar-refractivity contribution in [3.05, 3.63) is 119 Å². The van der Waals surface area contributed by atoms with E-state index < -0.39 is 0 Å². The Morgan fingerprint density at radius 3 is 1.88 bits per heavy atom. The van der Waals surface area contributed by atoms with Gasteiger partial charge in [0.25, 0.3) is 0 Å². The highest BCUT2D eigenvalue weighted by molar-refractivity contribution is 7.56. The summed E-state index contributed by atoms with van der Waals surface area (Å²) in [6.07, 6.45) is 0. The second kappa shape index (κ2) is 10.0. The van der Waals surface area contributed by atoms with E-state index >= 15 is 0 Å². The van der Waals surface area contributed by atoms with E-state index in [2.05, 4.69) is 104 Å². The van der Waals surface area contributed by atoms with E-state index in [4.69, 9.17) is 0 Å². The molecular weight excluding hydrogens is 409 g/mol. The van der Waals surface area contributed by atoms with Crippen LogP contribution in [0.3, 0.4) is 0 Å². The van der Waals surface area contributed by atoms with Gasteiger partial charge in [0.2, 0.25) is 0 Å². The smallest absolute Gasteiger partial charge is 0.126 e. The highest BCUT2D eigenvalue weighted by Gasteiger charge is 2.17. The number of phenols is 1. The molecule has 32 heavy (non-hydrogen) atoms.